The number of rotatable bonds is 8. The number of pyridine rings is 1. The zero-order valence-electron chi connectivity index (χ0n) is 65.2. The van der Waals surface area contributed by atoms with Crippen LogP contribution in [0.25, 0.3) is 230 Å². The lowest BCUT2D eigenvalue weighted by Crippen LogP contribution is -2.14. The molecule has 24 aromatic rings. The summed E-state index contributed by atoms with van der Waals surface area (Å²) in [5, 5.41) is 17.0. The third kappa shape index (κ3) is 11.8. The molecule has 0 spiro atoms. The van der Waals surface area contributed by atoms with Crippen molar-refractivity contribution in [3.05, 3.63) is 394 Å². The maximum Gasteiger partial charge on any atom is 0.160 e. The zero-order valence-corrected chi connectivity index (χ0v) is 66.0. The van der Waals surface area contributed by atoms with Crippen molar-refractivity contribution in [1.29, 1.82) is 0 Å². The van der Waals surface area contributed by atoms with Crippen LogP contribution in [-0.2, 0) is 5.41 Å². The first-order valence-corrected chi connectivity index (χ1v) is 41.3. The molecule has 7 heterocycles. The summed E-state index contributed by atoms with van der Waals surface area (Å²) in [4.78, 5) is 35.7. The fourth-order valence-electron chi connectivity index (χ4n) is 18.2. The molecule has 9 nitrogen and oxygen atoms in total. The minimum atomic E-state index is -0.0488. The van der Waals surface area contributed by atoms with Gasteiger partial charge in [0.2, 0.25) is 0 Å². The molecule has 0 aliphatic heterocycles. The molecule has 7 aromatic heterocycles. The highest BCUT2D eigenvalue weighted by Gasteiger charge is 2.36. The molecular formula is C110H69N7O2S. The normalized spacial score (nSPS) is 12.3. The van der Waals surface area contributed by atoms with Gasteiger partial charge in [-0.25, -0.2) is 29.9 Å². The van der Waals surface area contributed by atoms with E-state index in [4.69, 9.17) is 38.7 Å². The van der Waals surface area contributed by atoms with E-state index in [2.05, 4.69) is 340 Å². The zero-order chi connectivity index (χ0) is 79.5. The van der Waals surface area contributed by atoms with Gasteiger partial charge in [-0.2, -0.15) is 0 Å². The summed E-state index contributed by atoms with van der Waals surface area (Å²) in [5.41, 5.74) is 24.9. The second-order valence-corrected chi connectivity index (χ2v) is 32.4. The second kappa shape index (κ2) is 28.5. The van der Waals surface area contributed by atoms with Crippen molar-refractivity contribution in [2.45, 2.75) is 19.3 Å². The van der Waals surface area contributed by atoms with E-state index in [-0.39, 0.29) is 5.41 Å². The van der Waals surface area contributed by atoms with Crippen molar-refractivity contribution in [3.63, 3.8) is 0 Å². The molecule has 0 atom stereocenters. The largest absolute Gasteiger partial charge is 0.456 e. The highest BCUT2D eigenvalue weighted by Crippen LogP contribution is 2.51. The van der Waals surface area contributed by atoms with Gasteiger partial charge in [0, 0.05) is 104 Å². The van der Waals surface area contributed by atoms with Gasteiger partial charge in [-0.05, 0) is 144 Å². The van der Waals surface area contributed by atoms with Crippen LogP contribution in [0.1, 0.15) is 25.0 Å². The molecule has 0 amide bonds. The molecule has 10 heteroatoms. The van der Waals surface area contributed by atoms with E-state index in [1.54, 1.807) is 6.20 Å². The van der Waals surface area contributed by atoms with Crippen LogP contribution in [-0.4, -0.2) is 34.9 Å². The van der Waals surface area contributed by atoms with Crippen molar-refractivity contribution in [2.75, 3.05) is 0 Å². The second-order valence-electron chi connectivity index (χ2n) is 31.3. The highest BCUT2D eigenvalue weighted by molar-refractivity contribution is 7.26. The number of thiophene rings is 1. The number of nitrogens with zero attached hydrogens (tertiary/aromatic N) is 7. The molecule has 0 bridgehead atoms. The van der Waals surface area contributed by atoms with Gasteiger partial charge in [-0.1, -0.05) is 311 Å². The van der Waals surface area contributed by atoms with Crippen molar-refractivity contribution in [1.82, 2.24) is 34.9 Å². The Morgan fingerprint density at radius 3 is 1.18 bits per heavy atom. The number of aromatic nitrogens is 7. The maximum atomic E-state index is 6.42. The first-order chi connectivity index (χ1) is 59.2. The molecule has 0 fully saturated rings. The lowest BCUT2D eigenvalue weighted by Gasteiger charge is -2.21. The third-order valence-corrected chi connectivity index (χ3v) is 25.0. The van der Waals surface area contributed by atoms with E-state index in [9.17, 15) is 0 Å². The quantitative estimate of drug-likeness (QED) is 0.147. The SMILES string of the molecule is CC1(C)c2ccccc2-c2cc(-c3nc(-c4ccccc4)c4ccc5oc6ccc7ccccc7c6c5c4n3)ccc21.c1ccc(-c2ccc(-c3nc(-c4ccccc4)c4ccc5sc6ccc7ccccc7c6c5c4n3)cc2)cc1.c1ccc(-c2nc(-c3cccc(-c4cccnc4)c3)nc3c2ccc2oc4ccc5ccccc5c4c23)cc1. The van der Waals surface area contributed by atoms with E-state index in [1.807, 2.05) is 66.1 Å². The van der Waals surface area contributed by atoms with Crippen LogP contribution in [0.5, 0.6) is 0 Å². The van der Waals surface area contributed by atoms with E-state index in [1.165, 1.54) is 80.5 Å². The summed E-state index contributed by atoms with van der Waals surface area (Å²) in [6.45, 7) is 4.62. The Bertz CT molecular complexity index is 8230. The molecule has 0 unspecified atom stereocenters. The molecule has 25 rings (SSSR count). The Labute approximate surface area is 693 Å². The Balaban J connectivity index is 0.000000105. The van der Waals surface area contributed by atoms with E-state index >= 15 is 0 Å². The van der Waals surface area contributed by atoms with Gasteiger partial charge < -0.3 is 8.83 Å². The van der Waals surface area contributed by atoms with Crippen LogP contribution in [0.4, 0.5) is 0 Å². The van der Waals surface area contributed by atoms with E-state index in [0.29, 0.717) is 11.6 Å². The summed E-state index contributed by atoms with van der Waals surface area (Å²) in [5.74, 6) is 2.13. The van der Waals surface area contributed by atoms with Crippen molar-refractivity contribution in [2.24, 2.45) is 0 Å². The average Bonchev–Trinajstić information content (AvgIpc) is 1.55. The smallest absolute Gasteiger partial charge is 0.160 e. The summed E-state index contributed by atoms with van der Waals surface area (Å²) in [6, 6.07) is 129. The van der Waals surface area contributed by atoms with Gasteiger partial charge in [0.1, 0.15) is 22.3 Å². The number of fused-ring (bicyclic) bond motifs is 24. The fraction of sp³-hybridized carbons (Fsp3) is 0.0273. The summed E-state index contributed by atoms with van der Waals surface area (Å²) >= 11 is 1.83. The van der Waals surface area contributed by atoms with Crippen LogP contribution in [0.2, 0.25) is 0 Å². The Hall–Kier alpha value is -15.5. The molecule has 562 valence electrons. The van der Waals surface area contributed by atoms with Crippen LogP contribution < -0.4 is 0 Å². The monoisotopic (exact) mass is 1550 g/mol. The van der Waals surface area contributed by atoms with Crippen molar-refractivity contribution < 1.29 is 8.83 Å². The number of benzene rings is 17. The van der Waals surface area contributed by atoms with E-state index < -0.39 is 0 Å². The van der Waals surface area contributed by atoms with Crippen LogP contribution in [0.15, 0.2) is 391 Å². The first kappa shape index (κ1) is 70.0. The van der Waals surface area contributed by atoms with Gasteiger partial charge in [0.25, 0.3) is 0 Å². The van der Waals surface area contributed by atoms with Gasteiger partial charge in [-0.15, -0.1) is 11.3 Å². The summed E-state index contributed by atoms with van der Waals surface area (Å²) in [7, 11) is 0. The number of furan rings is 2. The predicted octanol–water partition coefficient (Wildman–Crippen LogP) is 29.6. The lowest BCUT2D eigenvalue weighted by molar-refractivity contribution is 0.660. The number of hydrogen-bond acceptors (Lipinski definition) is 10. The van der Waals surface area contributed by atoms with Crippen LogP contribution in [0, 0.1) is 0 Å². The van der Waals surface area contributed by atoms with Gasteiger partial charge in [-0.3, -0.25) is 4.98 Å². The van der Waals surface area contributed by atoms with Gasteiger partial charge in [0.05, 0.1) is 44.4 Å². The first-order valence-electron chi connectivity index (χ1n) is 40.5. The average molecular weight is 1550 g/mol. The molecule has 0 N–H and O–H groups in total. The molecule has 17 aromatic carbocycles. The Morgan fingerprint density at radius 2 is 0.625 bits per heavy atom. The Kier molecular flexibility index (Phi) is 16.6. The molecule has 0 saturated carbocycles. The Morgan fingerprint density at radius 1 is 0.242 bits per heavy atom. The van der Waals surface area contributed by atoms with Crippen LogP contribution in [0.3, 0.4) is 0 Å². The lowest BCUT2D eigenvalue weighted by atomic mass is 9.82. The predicted molar refractivity (Wildman–Crippen MR) is 497 cm³/mol. The molecular weight excluding hydrogens is 1480 g/mol. The molecule has 1 aliphatic carbocycles. The van der Waals surface area contributed by atoms with Gasteiger partial charge >= 0.3 is 0 Å². The standard InChI is InChI=1S/C39H26N2O.C36H22N2S.C35H21N3O/c1-39(2)30-15-9-8-14-27(30)29-22-25(16-19-31(29)39)38-40-36(24-11-4-3-5-12-24)28-18-21-33-35(37(28)41-38)34-26-13-7-6-10-23(26)17-20-32(34)42-33;1-3-9-23(10-4-1)24-15-17-27(18-16-24)36-37-34(26-12-5-2-6-13-26)29-20-22-31-33(35(29)38-36)32-28-14-8-7-11-25(28)19-21-30(32)39-31;1-2-9-23(10-3-1)33-28-16-18-30-32(31-27-14-5-4-8-22(27)15-17-29(31)39-30)34(28)38-35(37-33)25-12-6-11-24(20-25)26-13-7-19-36-21-26/h3-22H,1-2H3;1-22H;1-21H. The topological polar surface area (TPSA) is 117 Å². The number of hydrogen-bond donors (Lipinski definition) is 0. The maximum absolute atomic E-state index is 6.42. The summed E-state index contributed by atoms with van der Waals surface area (Å²) in [6.07, 6.45) is 3.66. The molecule has 120 heavy (non-hydrogen) atoms. The van der Waals surface area contributed by atoms with Crippen molar-refractivity contribution in [3.8, 4) is 101 Å². The summed E-state index contributed by atoms with van der Waals surface area (Å²) < 4.78 is 15.3. The molecule has 0 radical (unpaired) electrons. The van der Waals surface area contributed by atoms with E-state index in [0.717, 1.165) is 149 Å². The molecule has 1 aliphatic rings. The minimum Gasteiger partial charge on any atom is -0.456 e. The van der Waals surface area contributed by atoms with Gasteiger partial charge in [0.15, 0.2) is 17.5 Å². The molecule has 0 saturated heterocycles. The third-order valence-electron chi connectivity index (χ3n) is 23.9. The minimum absolute atomic E-state index is 0.0488. The highest BCUT2D eigenvalue weighted by atomic mass is 32.1. The fourth-order valence-corrected chi connectivity index (χ4v) is 19.3. The van der Waals surface area contributed by atoms with Crippen LogP contribution >= 0.6 is 11.3 Å². The van der Waals surface area contributed by atoms with Crippen molar-refractivity contribution >= 4 is 140 Å².